The van der Waals surface area contributed by atoms with E-state index in [1.54, 1.807) is 6.08 Å². The van der Waals surface area contributed by atoms with Crippen LogP contribution in [0, 0.1) is 0 Å². The number of amides is 1. The van der Waals surface area contributed by atoms with Crippen molar-refractivity contribution in [3.63, 3.8) is 0 Å². The molecule has 0 rings (SSSR count). The van der Waals surface area contributed by atoms with E-state index in [9.17, 15) is 19.8 Å². The summed E-state index contributed by atoms with van der Waals surface area (Å²) < 4.78 is 5.47. The number of nitrogens with one attached hydrogen (secondary N) is 1. The van der Waals surface area contributed by atoms with Crippen molar-refractivity contribution in [2.75, 3.05) is 13.2 Å². The normalized spacial score (nSPS) is 12.9. The molecule has 0 aromatic carbocycles. The minimum Gasteiger partial charge on any atom is -0.466 e. The molecule has 0 aliphatic heterocycles. The lowest BCUT2D eigenvalue weighted by Crippen LogP contribution is -2.45. The van der Waals surface area contributed by atoms with Gasteiger partial charge in [-0.25, -0.2) is 0 Å². The largest absolute Gasteiger partial charge is 0.466 e. The number of aliphatic hydroxyl groups is 2. The zero-order valence-corrected chi connectivity index (χ0v) is 47.5. The van der Waals surface area contributed by atoms with Gasteiger partial charge in [0.2, 0.25) is 5.91 Å². The monoisotopic (exact) mass is 996 g/mol. The molecule has 0 aliphatic carbocycles. The van der Waals surface area contributed by atoms with E-state index in [1.807, 2.05) is 6.08 Å². The zero-order chi connectivity index (χ0) is 51.4. The molecule has 0 aromatic rings. The average Bonchev–Trinajstić information content (AvgIpc) is 3.37. The van der Waals surface area contributed by atoms with Crippen LogP contribution >= 0.6 is 0 Å². The first-order valence-corrected chi connectivity index (χ1v) is 31.4. The molecule has 0 aromatic heterocycles. The van der Waals surface area contributed by atoms with Crippen LogP contribution in [-0.4, -0.2) is 47.4 Å². The van der Waals surface area contributed by atoms with Crippen molar-refractivity contribution in [3.05, 3.63) is 48.6 Å². The highest BCUT2D eigenvalue weighted by atomic mass is 16.5. The summed E-state index contributed by atoms with van der Waals surface area (Å²) in [4.78, 5) is 24.5. The van der Waals surface area contributed by atoms with Gasteiger partial charge in [-0.15, -0.1) is 0 Å². The maximum atomic E-state index is 12.4. The molecule has 6 nitrogen and oxygen atoms in total. The standard InChI is InChI=1S/C65H121NO5/c1-3-5-7-9-11-13-15-17-35-39-43-47-51-55-59-65(70)71-60-56-52-48-44-40-36-32-30-28-26-24-22-20-18-19-21-23-25-27-29-31-34-38-42-46-50-54-58-64(69)66-62(61-67)63(68)57-53-49-45-41-37-33-16-14-12-10-8-6-4-2/h15,17-19,22,24,53,57,62-63,67-68H,3-14,16,20-21,23,25-52,54-56,58-61H2,1-2H3,(H,66,69)/b17-15-,19-18-,24-22-,57-53+. The van der Waals surface area contributed by atoms with Gasteiger partial charge in [0, 0.05) is 12.8 Å². The molecule has 6 heteroatoms. The first-order valence-electron chi connectivity index (χ1n) is 31.4. The molecule has 2 atom stereocenters. The van der Waals surface area contributed by atoms with E-state index >= 15 is 0 Å². The van der Waals surface area contributed by atoms with Crippen LogP contribution in [0.2, 0.25) is 0 Å². The maximum Gasteiger partial charge on any atom is 0.305 e. The fourth-order valence-corrected chi connectivity index (χ4v) is 9.48. The number of carbonyl (C=O) groups is 2. The molecule has 0 radical (unpaired) electrons. The number of hydrogen-bond donors (Lipinski definition) is 3. The van der Waals surface area contributed by atoms with Crippen molar-refractivity contribution >= 4 is 11.9 Å². The lowest BCUT2D eigenvalue weighted by molar-refractivity contribution is -0.143. The van der Waals surface area contributed by atoms with Crippen molar-refractivity contribution in [2.45, 2.75) is 341 Å². The summed E-state index contributed by atoms with van der Waals surface area (Å²) in [6, 6.07) is -0.630. The van der Waals surface area contributed by atoms with E-state index in [0.717, 1.165) is 51.4 Å². The van der Waals surface area contributed by atoms with Crippen LogP contribution in [-0.2, 0) is 14.3 Å². The second-order valence-electron chi connectivity index (χ2n) is 21.4. The zero-order valence-electron chi connectivity index (χ0n) is 47.5. The molecular formula is C65H121NO5. The lowest BCUT2D eigenvalue weighted by atomic mass is 10.0. The Labute approximate surface area is 442 Å². The molecule has 71 heavy (non-hydrogen) atoms. The van der Waals surface area contributed by atoms with Gasteiger partial charge in [-0.2, -0.15) is 0 Å². The number of esters is 1. The predicted octanol–water partition coefficient (Wildman–Crippen LogP) is 19.7. The second kappa shape index (κ2) is 60.4. The van der Waals surface area contributed by atoms with Gasteiger partial charge < -0.3 is 20.3 Å². The molecule has 2 unspecified atom stereocenters. The van der Waals surface area contributed by atoms with Crippen LogP contribution in [0.15, 0.2) is 48.6 Å². The molecule has 0 heterocycles. The van der Waals surface area contributed by atoms with Crippen LogP contribution < -0.4 is 5.32 Å². The number of ether oxygens (including phenoxy) is 1. The molecule has 0 fully saturated rings. The maximum absolute atomic E-state index is 12.4. The van der Waals surface area contributed by atoms with Crippen molar-refractivity contribution in [3.8, 4) is 0 Å². The minimum absolute atomic E-state index is 0.00134. The lowest BCUT2D eigenvalue weighted by Gasteiger charge is -2.20. The molecule has 416 valence electrons. The molecule has 0 spiro atoms. The van der Waals surface area contributed by atoms with E-state index in [-0.39, 0.29) is 18.5 Å². The Morgan fingerprint density at radius 1 is 0.394 bits per heavy atom. The number of allylic oxidation sites excluding steroid dienone is 7. The molecule has 0 bridgehead atoms. The Morgan fingerprint density at radius 2 is 0.704 bits per heavy atom. The Balaban J connectivity index is 3.44. The highest BCUT2D eigenvalue weighted by molar-refractivity contribution is 5.76. The summed E-state index contributed by atoms with van der Waals surface area (Å²) >= 11 is 0. The SMILES string of the molecule is CCCCCCC/C=C\CCCCCCCC(=O)OCCCCCCCCCCC/C=C\C/C=C\CCCCCCCCCCCCCC(=O)NC(CO)C(O)/C=C/CCCCCCCCCCCCC. The van der Waals surface area contributed by atoms with Gasteiger partial charge in [0.25, 0.3) is 0 Å². The third-order valence-electron chi connectivity index (χ3n) is 14.3. The van der Waals surface area contributed by atoms with Crippen molar-refractivity contribution in [2.24, 2.45) is 0 Å². The van der Waals surface area contributed by atoms with Crippen LogP contribution in [0.1, 0.15) is 328 Å². The van der Waals surface area contributed by atoms with E-state index in [2.05, 4.69) is 55.6 Å². The molecule has 0 saturated carbocycles. The summed E-state index contributed by atoms with van der Waals surface area (Å²) in [6.45, 7) is 4.89. The van der Waals surface area contributed by atoms with Gasteiger partial charge in [0.1, 0.15) is 0 Å². The topological polar surface area (TPSA) is 95.9 Å². The highest BCUT2D eigenvalue weighted by Crippen LogP contribution is 2.16. The summed E-state index contributed by atoms with van der Waals surface area (Å²) in [5, 5.41) is 23.1. The number of rotatable bonds is 58. The van der Waals surface area contributed by atoms with Crippen LogP contribution in [0.25, 0.3) is 0 Å². The summed E-state index contributed by atoms with van der Waals surface area (Å²) in [5.41, 5.74) is 0. The van der Waals surface area contributed by atoms with Crippen molar-refractivity contribution in [1.82, 2.24) is 5.32 Å². The quantitative estimate of drug-likeness (QED) is 0.0321. The number of hydrogen-bond acceptors (Lipinski definition) is 5. The summed E-state index contributed by atoms with van der Waals surface area (Å²) in [6.07, 6.45) is 77.3. The van der Waals surface area contributed by atoms with Gasteiger partial charge in [-0.1, -0.05) is 274 Å². The van der Waals surface area contributed by atoms with Crippen LogP contribution in [0.5, 0.6) is 0 Å². The third-order valence-corrected chi connectivity index (χ3v) is 14.3. The molecule has 0 saturated heterocycles. The van der Waals surface area contributed by atoms with E-state index in [4.69, 9.17) is 4.74 Å². The molecule has 0 aliphatic rings. The fourth-order valence-electron chi connectivity index (χ4n) is 9.48. The number of unbranched alkanes of at least 4 members (excludes halogenated alkanes) is 41. The summed E-state index contributed by atoms with van der Waals surface area (Å²) in [5.74, 6) is -0.0700. The molecule has 3 N–H and O–H groups in total. The van der Waals surface area contributed by atoms with Crippen LogP contribution in [0.3, 0.4) is 0 Å². The number of carbonyl (C=O) groups excluding carboxylic acids is 2. The molecular weight excluding hydrogens is 875 g/mol. The Bertz CT molecular complexity index is 1190. The van der Waals surface area contributed by atoms with Crippen LogP contribution in [0.4, 0.5) is 0 Å². The Kier molecular flexibility index (Phi) is 58.5. The minimum atomic E-state index is -0.846. The van der Waals surface area contributed by atoms with Gasteiger partial charge in [-0.05, 0) is 89.9 Å². The van der Waals surface area contributed by atoms with Gasteiger partial charge in [0.05, 0.1) is 25.4 Å². The number of aliphatic hydroxyl groups excluding tert-OH is 2. The smallest absolute Gasteiger partial charge is 0.305 e. The third kappa shape index (κ3) is 57.0. The van der Waals surface area contributed by atoms with Gasteiger partial charge in [-0.3, -0.25) is 9.59 Å². The van der Waals surface area contributed by atoms with E-state index < -0.39 is 12.1 Å². The van der Waals surface area contributed by atoms with E-state index in [1.165, 1.54) is 250 Å². The van der Waals surface area contributed by atoms with Crippen molar-refractivity contribution in [1.29, 1.82) is 0 Å². The molecule has 1 amide bonds. The fraction of sp³-hybridized carbons (Fsp3) is 0.846. The Morgan fingerprint density at radius 3 is 1.08 bits per heavy atom. The second-order valence-corrected chi connectivity index (χ2v) is 21.4. The van der Waals surface area contributed by atoms with Gasteiger partial charge in [0.15, 0.2) is 0 Å². The average molecular weight is 997 g/mol. The highest BCUT2D eigenvalue weighted by Gasteiger charge is 2.18. The van der Waals surface area contributed by atoms with E-state index in [0.29, 0.717) is 19.4 Å². The van der Waals surface area contributed by atoms with Crippen molar-refractivity contribution < 1.29 is 24.5 Å². The first kappa shape index (κ1) is 68.8. The Hall–Kier alpha value is -2.18. The van der Waals surface area contributed by atoms with Gasteiger partial charge >= 0.3 is 5.97 Å². The summed E-state index contributed by atoms with van der Waals surface area (Å²) in [7, 11) is 0. The first-order chi connectivity index (χ1) is 35.0. The predicted molar refractivity (Wildman–Crippen MR) is 310 cm³/mol.